The molecule has 0 saturated carbocycles. The molecule has 0 aromatic heterocycles. The van der Waals surface area contributed by atoms with E-state index in [1.807, 2.05) is 52.8 Å². The molecule has 1 N–H and O–H groups in total. The molecule has 0 aliphatic heterocycles. The highest BCUT2D eigenvalue weighted by atomic mass is 35.5. The molecule has 174 valence electrons. The van der Waals surface area contributed by atoms with Crippen LogP contribution in [0, 0.1) is 13.8 Å². The predicted molar refractivity (Wildman–Crippen MR) is 130 cm³/mol. The van der Waals surface area contributed by atoms with Crippen LogP contribution in [0.5, 0.6) is 5.75 Å². The Morgan fingerprint density at radius 2 is 1.75 bits per heavy atom. The molecule has 7 heteroatoms. The summed E-state index contributed by atoms with van der Waals surface area (Å²) in [5.74, 6) is 0.134. The average molecular weight is 479 g/mol. The average Bonchev–Trinajstić information content (AvgIpc) is 2.75. The summed E-state index contributed by atoms with van der Waals surface area (Å²) in [4.78, 5) is 27.8. The van der Waals surface area contributed by atoms with Gasteiger partial charge in [-0.2, -0.15) is 0 Å². The van der Waals surface area contributed by atoms with Crippen molar-refractivity contribution in [2.24, 2.45) is 0 Å². The molecule has 32 heavy (non-hydrogen) atoms. The SMILES string of the molecule is CC[C@H](C)NC(=O)[C@H](CC)N(Cc1ccc(Cl)cc1Cl)C(=O)COc1ccc(C)c(C)c1. The lowest BCUT2D eigenvalue weighted by Crippen LogP contribution is -2.51. The quantitative estimate of drug-likeness (QED) is 0.475. The van der Waals surface area contributed by atoms with Crippen LogP contribution in [-0.2, 0) is 16.1 Å². The number of rotatable bonds is 10. The van der Waals surface area contributed by atoms with Crippen LogP contribution in [-0.4, -0.2) is 35.4 Å². The van der Waals surface area contributed by atoms with Crippen molar-refractivity contribution in [1.29, 1.82) is 0 Å². The number of nitrogens with one attached hydrogen (secondary N) is 1. The molecular formula is C25H32Cl2N2O3. The Morgan fingerprint density at radius 3 is 2.34 bits per heavy atom. The molecule has 0 spiro atoms. The van der Waals surface area contributed by atoms with E-state index in [0.717, 1.165) is 17.5 Å². The smallest absolute Gasteiger partial charge is 0.261 e. The van der Waals surface area contributed by atoms with Gasteiger partial charge in [0.2, 0.25) is 5.91 Å². The molecule has 0 heterocycles. The molecule has 0 fully saturated rings. The molecule has 5 nitrogen and oxygen atoms in total. The number of carbonyl (C=O) groups excluding carboxylic acids is 2. The lowest BCUT2D eigenvalue weighted by Gasteiger charge is -2.31. The predicted octanol–water partition coefficient (Wildman–Crippen LogP) is 5.71. The molecule has 2 atom stereocenters. The summed E-state index contributed by atoms with van der Waals surface area (Å²) in [6.45, 7) is 9.83. The van der Waals surface area contributed by atoms with E-state index in [4.69, 9.17) is 27.9 Å². The topological polar surface area (TPSA) is 58.6 Å². The fourth-order valence-electron chi connectivity index (χ4n) is 3.23. The van der Waals surface area contributed by atoms with Gasteiger partial charge in [-0.1, -0.05) is 49.2 Å². The Morgan fingerprint density at radius 1 is 1.03 bits per heavy atom. The van der Waals surface area contributed by atoms with E-state index in [1.165, 1.54) is 4.90 Å². The molecule has 0 aliphatic rings. The van der Waals surface area contributed by atoms with Crippen molar-refractivity contribution in [3.8, 4) is 5.75 Å². The van der Waals surface area contributed by atoms with Crippen molar-refractivity contribution < 1.29 is 14.3 Å². The van der Waals surface area contributed by atoms with Crippen LogP contribution in [0.4, 0.5) is 0 Å². The van der Waals surface area contributed by atoms with E-state index in [1.54, 1.807) is 18.2 Å². The largest absolute Gasteiger partial charge is 0.484 e. The molecule has 2 rings (SSSR count). The first-order valence-electron chi connectivity index (χ1n) is 10.9. The van der Waals surface area contributed by atoms with Gasteiger partial charge < -0.3 is 15.0 Å². The van der Waals surface area contributed by atoms with E-state index in [2.05, 4.69) is 5.32 Å². The first-order chi connectivity index (χ1) is 15.2. The van der Waals surface area contributed by atoms with Crippen LogP contribution in [0.3, 0.4) is 0 Å². The highest BCUT2D eigenvalue weighted by Crippen LogP contribution is 2.24. The van der Waals surface area contributed by atoms with Crippen molar-refractivity contribution in [2.45, 2.75) is 66.1 Å². The Balaban J connectivity index is 2.26. The number of aryl methyl sites for hydroxylation is 2. The van der Waals surface area contributed by atoms with Gasteiger partial charge in [0.05, 0.1) is 0 Å². The molecule has 0 unspecified atom stereocenters. The van der Waals surface area contributed by atoms with Crippen molar-refractivity contribution in [1.82, 2.24) is 10.2 Å². The van der Waals surface area contributed by atoms with Gasteiger partial charge in [-0.3, -0.25) is 9.59 Å². The molecular weight excluding hydrogens is 447 g/mol. The number of ether oxygens (including phenoxy) is 1. The number of benzene rings is 2. The minimum absolute atomic E-state index is 0.0133. The second-order valence-electron chi connectivity index (χ2n) is 8.03. The third kappa shape index (κ3) is 7.14. The molecule has 2 amide bonds. The van der Waals surface area contributed by atoms with Gasteiger partial charge in [-0.15, -0.1) is 0 Å². The normalized spacial score (nSPS) is 12.7. The van der Waals surface area contributed by atoms with Crippen molar-refractivity contribution in [2.75, 3.05) is 6.61 Å². The van der Waals surface area contributed by atoms with Gasteiger partial charge >= 0.3 is 0 Å². The summed E-state index contributed by atoms with van der Waals surface area (Å²) in [6.07, 6.45) is 1.26. The minimum atomic E-state index is -0.647. The maximum Gasteiger partial charge on any atom is 0.261 e. The van der Waals surface area contributed by atoms with E-state index < -0.39 is 6.04 Å². The number of hydrogen-bond acceptors (Lipinski definition) is 3. The molecule has 2 aromatic rings. The summed E-state index contributed by atoms with van der Waals surface area (Å²) >= 11 is 12.4. The molecule has 0 radical (unpaired) electrons. The summed E-state index contributed by atoms with van der Waals surface area (Å²) in [5, 5.41) is 3.94. The second kappa shape index (κ2) is 12.1. The van der Waals surface area contributed by atoms with Crippen LogP contribution in [0.1, 0.15) is 50.3 Å². The zero-order chi connectivity index (χ0) is 23.8. The fraction of sp³-hybridized carbons (Fsp3) is 0.440. The van der Waals surface area contributed by atoms with Crippen LogP contribution in [0.2, 0.25) is 10.0 Å². The fourth-order valence-corrected chi connectivity index (χ4v) is 3.69. The summed E-state index contributed by atoms with van der Waals surface area (Å²) in [7, 11) is 0. The number of halogens is 2. The molecule has 0 saturated heterocycles. The maximum absolute atomic E-state index is 13.3. The van der Waals surface area contributed by atoms with Crippen molar-refractivity contribution >= 4 is 35.0 Å². The van der Waals surface area contributed by atoms with Crippen molar-refractivity contribution in [3.05, 3.63) is 63.1 Å². The molecule has 0 aliphatic carbocycles. The van der Waals surface area contributed by atoms with Gasteiger partial charge in [0.15, 0.2) is 6.61 Å². The Bertz CT molecular complexity index is 949. The van der Waals surface area contributed by atoms with E-state index >= 15 is 0 Å². The Kier molecular flexibility index (Phi) is 9.85. The lowest BCUT2D eigenvalue weighted by atomic mass is 10.1. The lowest BCUT2D eigenvalue weighted by molar-refractivity contribution is -0.143. The van der Waals surface area contributed by atoms with Crippen LogP contribution in [0.25, 0.3) is 0 Å². The highest BCUT2D eigenvalue weighted by molar-refractivity contribution is 6.35. The maximum atomic E-state index is 13.3. The zero-order valence-electron chi connectivity index (χ0n) is 19.4. The van der Waals surface area contributed by atoms with Crippen molar-refractivity contribution in [3.63, 3.8) is 0 Å². The number of carbonyl (C=O) groups is 2. The van der Waals surface area contributed by atoms with Gasteiger partial charge in [-0.05, 0) is 74.6 Å². The van der Waals surface area contributed by atoms with Gasteiger partial charge in [0.25, 0.3) is 5.91 Å². The summed E-state index contributed by atoms with van der Waals surface area (Å²) in [6, 6.07) is 10.2. The summed E-state index contributed by atoms with van der Waals surface area (Å²) in [5.41, 5.74) is 2.94. The third-order valence-electron chi connectivity index (χ3n) is 5.58. The number of amides is 2. The van der Waals surface area contributed by atoms with Crippen LogP contribution >= 0.6 is 23.2 Å². The number of hydrogen-bond donors (Lipinski definition) is 1. The van der Waals surface area contributed by atoms with Crippen LogP contribution in [0.15, 0.2) is 36.4 Å². The number of nitrogens with zero attached hydrogens (tertiary/aromatic N) is 1. The van der Waals surface area contributed by atoms with Gasteiger partial charge in [0, 0.05) is 22.6 Å². The highest BCUT2D eigenvalue weighted by Gasteiger charge is 2.30. The zero-order valence-corrected chi connectivity index (χ0v) is 20.9. The standard InChI is InChI=1S/C25H32Cl2N2O3/c1-6-18(5)28-25(31)23(7-2)29(14-19-9-10-20(26)13-22(19)27)24(30)15-32-21-11-8-16(3)17(4)12-21/h8-13,18,23H,6-7,14-15H2,1-5H3,(H,28,31)/t18-,23-/m0/s1. The van der Waals surface area contributed by atoms with E-state index in [0.29, 0.717) is 27.8 Å². The van der Waals surface area contributed by atoms with E-state index in [9.17, 15) is 9.59 Å². The Labute approximate surface area is 201 Å². The van der Waals surface area contributed by atoms with Gasteiger partial charge in [0.1, 0.15) is 11.8 Å². The van der Waals surface area contributed by atoms with E-state index in [-0.39, 0.29) is 31.0 Å². The molecule has 0 bridgehead atoms. The Hall–Kier alpha value is -2.24. The van der Waals surface area contributed by atoms with Crippen LogP contribution < -0.4 is 10.1 Å². The monoisotopic (exact) mass is 478 g/mol. The minimum Gasteiger partial charge on any atom is -0.484 e. The second-order valence-corrected chi connectivity index (χ2v) is 8.88. The summed E-state index contributed by atoms with van der Waals surface area (Å²) < 4.78 is 5.77. The first kappa shape index (κ1) is 26.0. The van der Waals surface area contributed by atoms with Gasteiger partial charge in [-0.25, -0.2) is 0 Å². The first-order valence-corrected chi connectivity index (χ1v) is 11.7. The molecule has 2 aromatic carbocycles. The third-order valence-corrected chi connectivity index (χ3v) is 6.17.